The average molecular weight is 371 g/mol. The number of benzene rings is 1. The topological polar surface area (TPSA) is 85.5 Å². The molecule has 0 unspecified atom stereocenters. The normalized spacial score (nSPS) is 10.6. The fourth-order valence-electron chi connectivity index (χ4n) is 2.55. The van der Waals surface area contributed by atoms with Crippen molar-refractivity contribution in [1.82, 2.24) is 10.1 Å². The Bertz CT molecular complexity index is 945. The second-order valence-electron chi connectivity index (χ2n) is 5.59. The number of aryl methyl sites for hydroxylation is 1. The van der Waals surface area contributed by atoms with Crippen molar-refractivity contribution in [3.63, 3.8) is 0 Å². The number of nitrogens with zero attached hydrogens (tertiary/aromatic N) is 3. The van der Waals surface area contributed by atoms with Gasteiger partial charge in [0.2, 0.25) is 11.8 Å². The molecule has 8 heteroatoms. The quantitative estimate of drug-likeness (QED) is 0.695. The maximum Gasteiger partial charge on any atom is 0.251 e. The van der Waals surface area contributed by atoms with E-state index < -0.39 is 11.8 Å². The Morgan fingerprint density at radius 1 is 1.15 bits per heavy atom. The summed E-state index contributed by atoms with van der Waals surface area (Å²) in [7, 11) is 1.61. The van der Waals surface area contributed by atoms with Crippen LogP contribution in [0.1, 0.15) is 19.5 Å². The van der Waals surface area contributed by atoms with E-state index in [1.54, 1.807) is 14.0 Å². The lowest BCUT2D eigenvalue weighted by Crippen LogP contribution is -2.33. The van der Waals surface area contributed by atoms with Gasteiger partial charge in [-0.25, -0.2) is 9.88 Å². The first-order valence-corrected chi connectivity index (χ1v) is 8.68. The maximum absolute atomic E-state index is 11.9. The molecule has 0 saturated heterocycles. The van der Waals surface area contributed by atoms with E-state index in [0.717, 1.165) is 21.9 Å². The molecule has 2 aromatic heterocycles. The SMILES string of the molecule is COc1ccc(-c2csc(-c3c(C)noc3N(C(C)=O)C(C)=O)n2)cc1. The molecule has 1 aromatic carbocycles. The van der Waals surface area contributed by atoms with E-state index in [1.165, 1.54) is 25.2 Å². The zero-order valence-corrected chi connectivity index (χ0v) is 15.6. The van der Waals surface area contributed by atoms with Crippen LogP contribution >= 0.6 is 11.3 Å². The molecule has 3 aromatic rings. The Morgan fingerprint density at radius 3 is 2.38 bits per heavy atom. The summed E-state index contributed by atoms with van der Waals surface area (Å²) < 4.78 is 10.4. The minimum Gasteiger partial charge on any atom is -0.497 e. The third-order valence-electron chi connectivity index (χ3n) is 3.78. The van der Waals surface area contributed by atoms with E-state index in [-0.39, 0.29) is 5.88 Å². The number of methoxy groups -OCH3 is 1. The first kappa shape index (κ1) is 17.8. The summed E-state index contributed by atoms with van der Waals surface area (Å²) in [5.41, 5.74) is 2.80. The van der Waals surface area contributed by atoms with Gasteiger partial charge in [-0.15, -0.1) is 11.3 Å². The molecule has 0 aliphatic rings. The molecule has 2 amide bonds. The summed E-state index contributed by atoms with van der Waals surface area (Å²) in [6.07, 6.45) is 0. The van der Waals surface area contributed by atoms with Crippen molar-refractivity contribution >= 4 is 29.0 Å². The zero-order valence-electron chi connectivity index (χ0n) is 14.8. The summed E-state index contributed by atoms with van der Waals surface area (Å²) in [6.45, 7) is 4.34. The van der Waals surface area contributed by atoms with Crippen LogP contribution in [0.4, 0.5) is 5.88 Å². The molecular formula is C18H17N3O4S. The van der Waals surface area contributed by atoms with E-state index in [2.05, 4.69) is 10.1 Å². The molecular weight excluding hydrogens is 354 g/mol. The van der Waals surface area contributed by atoms with Gasteiger partial charge in [0, 0.05) is 24.8 Å². The van der Waals surface area contributed by atoms with Gasteiger partial charge in [0.05, 0.1) is 24.1 Å². The molecule has 0 spiro atoms. The number of amides is 2. The van der Waals surface area contributed by atoms with Crippen LogP contribution in [0.25, 0.3) is 21.8 Å². The summed E-state index contributed by atoms with van der Waals surface area (Å²) >= 11 is 1.39. The van der Waals surface area contributed by atoms with E-state index in [1.807, 2.05) is 29.6 Å². The van der Waals surface area contributed by atoms with Crippen LogP contribution in [0.3, 0.4) is 0 Å². The molecule has 2 heterocycles. The van der Waals surface area contributed by atoms with E-state index in [9.17, 15) is 9.59 Å². The Kier molecular flexibility index (Phi) is 4.85. The molecule has 0 aliphatic heterocycles. The molecule has 0 N–H and O–H groups in total. The number of thiazole rings is 1. The Balaban J connectivity index is 2.03. The van der Waals surface area contributed by atoms with Gasteiger partial charge in [-0.1, -0.05) is 5.16 Å². The molecule has 7 nitrogen and oxygen atoms in total. The number of hydrogen-bond donors (Lipinski definition) is 0. The highest BCUT2D eigenvalue weighted by Gasteiger charge is 2.28. The van der Waals surface area contributed by atoms with Gasteiger partial charge in [0.25, 0.3) is 5.88 Å². The van der Waals surface area contributed by atoms with E-state index >= 15 is 0 Å². The summed E-state index contributed by atoms with van der Waals surface area (Å²) in [5.74, 6) is -0.0262. The molecule has 26 heavy (non-hydrogen) atoms. The Morgan fingerprint density at radius 2 is 1.81 bits per heavy atom. The lowest BCUT2D eigenvalue weighted by Gasteiger charge is -2.13. The van der Waals surface area contributed by atoms with Gasteiger partial charge in [-0.05, 0) is 31.2 Å². The highest BCUT2D eigenvalue weighted by molar-refractivity contribution is 7.13. The van der Waals surface area contributed by atoms with Crippen molar-refractivity contribution < 1.29 is 18.8 Å². The summed E-state index contributed by atoms with van der Waals surface area (Å²) in [5, 5.41) is 6.44. The molecule has 134 valence electrons. The number of carbonyl (C=O) groups is 2. The van der Waals surface area contributed by atoms with Crippen molar-refractivity contribution in [3.05, 3.63) is 35.3 Å². The van der Waals surface area contributed by atoms with Crippen molar-refractivity contribution in [1.29, 1.82) is 0 Å². The van der Waals surface area contributed by atoms with Gasteiger partial charge >= 0.3 is 0 Å². The lowest BCUT2D eigenvalue weighted by molar-refractivity contribution is -0.124. The van der Waals surface area contributed by atoms with E-state index in [0.29, 0.717) is 16.3 Å². The van der Waals surface area contributed by atoms with E-state index in [4.69, 9.17) is 9.26 Å². The first-order valence-electron chi connectivity index (χ1n) is 7.80. The van der Waals surface area contributed by atoms with Gasteiger partial charge < -0.3 is 9.26 Å². The van der Waals surface area contributed by atoms with Crippen molar-refractivity contribution in [3.8, 4) is 27.6 Å². The van der Waals surface area contributed by atoms with Crippen LogP contribution in [-0.4, -0.2) is 29.1 Å². The van der Waals surface area contributed by atoms with Crippen molar-refractivity contribution in [2.24, 2.45) is 0 Å². The van der Waals surface area contributed by atoms with Gasteiger partial charge in [-0.3, -0.25) is 9.59 Å². The number of aromatic nitrogens is 2. The lowest BCUT2D eigenvalue weighted by atomic mass is 10.1. The monoisotopic (exact) mass is 371 g/mol. The number of carbonyl (C=O) groups excluding carboxylic acids is 2. The van der Waals surface area contributed by atoms with Gasteiger partial charge in [0.15, 0.2) is 0 Å². The summed E-state index contributed by atoms with van der Waals surface area (Å²) in [6, 6.07) is 7.54. The number of anilines is 1. The molecule has 0 saturated carbocycles. The molecule has 0 atom stereocenters. The number of imide groups is 1. The average Bonchev–Trinajstić information content (AvgIpc) is 3.21. The van der Waals surface area contributed by atoms with Gasteiger partial charge in [0.1, 0.15) is 10.8 Å². The third kappa shape index (κ3) is 3.23. The van der Waals surface area contributed by atoms with Crippen LogP contribution < -0.4 is 9.64 Å². The van der Waals surface area contributed by atoms with Gasteiger partial charge in [-0.2, -0.15) is 0 Å². The highest BCUT2D eigenvalue weighted by Crippen LogP contribution is 2.38. The second kappa shape index (κ2) is 7.09. The minimum atomic E-state index is -0.443. The molecule has 3 rings (SSSR count). The standard InChI is InChI=1S/C18H17N3O4S/c1-10-16(18(25-20-10)21(11(2)22)12(3)23)17-19-15(9-26-17)13-5-7-14(24-4)8-6-13/h5-9H,1-4H3. The largest absolute Gasteiger partial charge is 0.497 e. The molecule has 0 fully saturated rings. The number of ether oxygens (including phenoxy) is 1. The van der Waals surface area contributed by atoms with Crippen LogP contribution in [0.2, 0.25) is 0 Å². The predicted octanol–water partition coefficient (Wildman–Crippen LogP) is 3.68. The third-order valence-corrected chi connectivity index (χ3v) is 4.64. The van der Waals surface area contributed by atoms with Crippen molar-refractivity contribution in [2.45, 2.75) is 20.8 Å². The van der Waals surface area contributed by atoms with Crippen LogP contribution in [-0.2, 0) is 9.59 Å². The Labute approximate surface area is 154 Å². The molecule has 0 bridgehead atoms. The smallest absolute Gasteiger partial charge is 0.251 e. The van der Waals surface area contributed by atoms with Crippen LogP contribution in [0.15, 0.2) is 34.2 Å². The van der Waals surface area contributed by atoms with Crippen LogP contribution in [0, 0.1) is 6.92 Å². The van der Waals surface area contributed by atoms with Crippen LogP contribution in [0.5, 0.6) is 5.75 Å². The predicted molar refractivity (Wildman–Crippen MR) is 98.2 cm³/mol. The Hall–Kier alpha value is -3.00. The minimum absolute atomic E-state index is 0.0955. The van der Waals surface area contributed by atoms with Crippen molar-refractivity contribution in [2.75, 3.05) is 12.0 Å². The second-order valence-corrected chi connectivity index (χ2v) is 6.45. The number of hydrogen-bond acceptors (Lipinski definition) is 7. The fourth-order valence-corrected chi connectivity index (χ4v) is 3.46. The molecule has 0 radical (unpaired) electrons. The summed E-state index contributed by atoms with van der Waals surface area (Å²) in [4.78, 5) is 29.3. The fraction of sp³-hybridized carbons (Fsp3) is 0.222. The zero-order chi connectivity index (χ0) is 18.8. The maximum atomic E-state index is 11.9. The molecule has 0 aliphatic carbocycles. The first-order chi connectivity index (χ1) is 12.4. The highest BCUT2D eigenvalue weighted by atomic mass is 32.1. The number of rotatable bonds is 4.